The number of anilines is 1. The van der Waals surface area contributed by atoms with Gasteiger partial charge in [-0.05, 0) is 44.2 Å². The summed E-state index contributed by atoms with van der Waals surface area (Å²) in [5, 5.41) is 3.69. The van der Waals surface area contributed by atoms with E-state index in [1.54, 1.807) is 11.3 Å². The van der Waals surface area contributed by atoms with Crippen LogP contribution >= 0.6 is 11.3 Å². The number of hydrogen-bond donors (Lipinski definition) is 1. The number of rotatable bonds is 3. The van der Waals surface area contributed by atoms with E-state index in [2.05, 4.69) is 17.2 Å². The van der Waals surface area contributed by atoms with Gasteiger partial charge >= 0.3 is 0 Å². The minimum Gasteiger partial charge on any atom is -0.344 e. The van der Waals surface area contributed by atoms with Crippen molar-refractivity contribution in [3.05, 3.63) is 34.1 Å². The number of hydrogen-bond acceptors (Lipinski definition) is 3. The average molecular weight is 303 g/mol. The number of carbonyl (C=O) groups is 1. The highest BCUT2D eigenvalue weighted by Gasteiger charge is 2.22. The van der Waals surface area contributed by atoms with Gasteiger partial charge in [0, 0.05) is 17.6 Å². The fourth-order valence-corrected chi connectivity index (χ4v) is 3.96. The first-order chi connectivity index (χ1) is 10.1. The average Bonchev–Trinajstić information content (AvgIpc) is 3.01. The molecule has 4 nitrogen and oxygen atoms in total. The second-order valence-corrected chi connectivity index (χ2v) is 6.86. The highest BCUT2D eigenvalue weighted by Crippen LogP contribution is 2.33. The zero-order chi connectivity index (χ0) is 15.0. The highest BCUT2D eigenvalue weighted by atomic mass is 32.1. The lowest BCUT2D eigenvalue weighted by Gasteiger charge is -2.18. The maximum Gasteiger partial charge on any atom is 0.274 e. The van der Waals surface area contributed by atoms with Crippen LogP contribution in [0.4, 0.5) is 5.13 Å². The molecule has 1 unspecified atom stereocenters. The first kappa shape index (κ1) is 14.3. The Labute approximate surface area is 129 Å². The van der Waals surface area contributed by atoms with Crippen LogP contribution in [0.25, 0.3) is 0 Å². The molecule has 1 aliphatic carbocycles. The van der Waals surface area contributed by atoms with Gasteiger partial charge in [0.2, 0.25) is 0 Å². The van der Waals surface area contributed by atoms with Crippen LogP contribution in [0.2, 0.25) is 0 Å². The maximum absolute atomic E-state index is 12.3. The van der Waals surface area contributed by atoms with Crippen LogP contribution in [0.1, 0.15) is 46.5 Å². The summed E-state index contributed by atoms with van der Waals surface area (Å²) in [5.74, 6) is 0.695. The lowest BCUT2D eigenvalue weighted by Crippen LogP contribution is -2.16. The standard InChI is InChI=1S/C16H21N3OS/c1-4-11-6-7-12-14(9-11)21-16(17-12)18-15(20)13-8-5-10(2)19(13)3/h5,8,11H,4,6-7,9H2,1-3H3,(H,17,18,20). The monoisotopic (exact) mass is 303 g/mol. The van der Waals surface area contributed by atoms with Crippen molar-refractivity contribution in [3.63, 3.8) is 0 Å². The molecule has 1 aliphatic rings. The molecule has 2 aromatic heterocycles. The van der Waals surface area contributed by atoms with E-state index in [9.17, 15) is 4.79 Å². The van der Waals surface area contributed by atoms with Crippen LogP contribution in [-0.4, -0.2) is 15.5 Å². The van der Waals surface area contributed by atoms with E-state index in [-0.39, 0.29) is 5.91 Å². The third kappa shape index (κ3) is 2.75. The van der Waals surface area contributed by atoms with Gasteiger partial charge in [-0.1, -0.05) is 13.3 Å². The second-order valence-electron chi connectivity index (χ2n) is 5.78. The van der Waals surface area contributed by atoms with Crippen LogP contribution in [0.3, 0.4) is 0 Å². The summed E-state index contributed by atoms with van der Waals surface area (Å²) in [4.78, 5) is 18.3. The lowest BCUT2D eigenvalue weighted by molar-refractivity contribution is 0.101. The summed E-state index contributed by atoms with van der Waals surface area (Å²) in [7, 11) is 1.91. The van der Waals surface area contributed by atoms with Crippen molar-refractivity contribution in [2.75, 3.05) is 5.32 Å². The number of thiazole rings is 1. The molecular weight excluding hydrogens is 282 g/mol. The molecule has 0 spiro atoms. The van der Waals surface area contributed by atoms with E-state index in [1.165, 1.54) is 23.4 Å². The summed E-state index contributed by atoms with van der Waals surface area (Å²) < 4.78 is 1.90. The summed E-state index contributed by atoms with van der Waals surface area (Å²) in [6.07, 6.45) is 4.60. The molecule has 21 heavy (non-hydrogen) atoms. The number of nitrogens with zero attached hydrogens (tertiary/aromatic N) is 2. The van der Waals surface area contributed by atoms with Gasteiger partial charge in [0.25, 0.3) is 5.91 Å². The van der Waals surface area contributed by atoms with Crippen molar-refractivity contribution in [2.45, 2.75) is 39.5 Å². The van der Waals surface area contributed by atoms with E-state index in [0.29, 0.717) is 5.69 Å². The molecule has 0 aliphatic heterocycles. The summed E-state index contributed by atoms with van der Waals surface area (Å²) in [6.45, 7) is 4.24. The predicted molar refractivity (Wildman–Crippen MR) is 86.0 cm³/mol. The Hall–Kier alpha value is -1.62. The van der Waals surface area contributed by atoms with Crippen LogP contribution < -0.4 is 5.32 Å². The van der Waals surface area contributed by atoms with Crippen LogP contribution in [0, 0.1) is 12.8 Å². The van der Waals surface area contributed by atoms with E-state index in [4.69, 9.17) is 0 Å². The van der Waals surface area contributed by atoms with Crippen LogP contribution in [0.5, 0.6) is 0 Å². The van der Waals surface area contributed by atoms with Gasteiger partial charge < -0.3 is 4.57 Å². The molecule has 2 aromatic rings. The molecule has 0 bridgehead atoms. The van der Waals surface area contributed by atoms with Crippen molar-refractivity contribution >= 4 is 22.4 Å². The fourth-order valence-electron chi connectivity index (χ4n) is 2.85. The molecule has 1 N–H and O–H groups in total. The topological polar surface area (TPSA) is 46.9 Å². The summed E-state index contributed by atoms with van der Waals surface area (Å²) in [5.41, 5.74) is 2.93. The van der Waals surface area contributed by atoms with Gasteiger partial charge in [-0.2, -0.15) is 0 Å². The third-order valence-corrected chi connectivity index (χ3v) is 5.48. The maximum atomic E-state index is 12.3. The van der Waals surface area contributed by atoms with E-state index < -0.39 is 0 Å². The molecule has 1 atom stereocenters. The predicted octanol–water partition coefficient (Wildman–Crippen LogP) is 3.56. The number of amides is 1. The molecule has 2 heterocycles. The van der Waals surface area contributed by atoms with E-state index >= 15 is 0 Å². The molecule has 112 valence electrons. The number of carbonyl (C=O) groups excluding carboxylic acids is 1. The molecular formula is C16H21N3OS. The van der Waals surface area contributed by atoms with Crippen molar-refractivity contribution in [3.8, 4) is 0 Å². The van der Waals surface area contributed by atoms with Crippen molar-refractivity contribution < 1.29 is 4.79 Å². The number of aromatic nitrogens is 2. The zero-order valence-electron chi connectivity index (χ0n) is 12.8. The SMILES string of the molecule is CCC1CCc2nc(NC(=O)c3ccc(C)n3C)sc2C1. The normalized spacial score (nSPS) is 17.6. The molecule has 0 saturated heterocycles. The lowest BCUT2D eigenvalue weighted by atomic mass is 9.89. The Morgan fingerprint density at radius 3 is 3.00 bits per heavy atom. The molecule has 0 radical (unpaired) electrons. The Morgan fingerprint density at radius 1 is 1.52 bits per heavy atom. The molecule has 0 aromatic carbocycles. The van der Waals surface area contributed by atoms with Gasteiger partial charge in [-0.15, -0.1) is 11.3 Å². The van der Waals surface area contributed by atoms with Crippen molar-refractivity contribution in [1.29, 1.82) is 0 Å². The Bertz CT molecular complexity index is 671. The minimum atomic E-state index is -0.0799. The Kier molecular flexibility index (Phi) is 3.85. The fraction of sp³-hybridized carbons (Fsp3) is 0.500. The number of aryl methyl sites for hydroxylation is 2. The third-order valence-electron chi connectivity index (χ3n) is 4.44. The Morgan fingerprint density at radius 2 is 2.33 bits per heavy atom. The first-order valence-electron chi connectivity index (χ1n) is 7.50. The van der Waals surface area contributed by atoms with Crippen molar-refractivity contribution in [2.24, 2.45) is 13.0 Å². The molecule has 1 amide bonds. The van der Waals surface area contributed by atoms with E-state index in [0.717, 1.165) is 29.6 Å². The van der Waals surface area contributed by atoms with Crippen LogP contribution in [0.15, 0.2) is 12.1 Å². The van der Waals surface area contributed by atoms with Gasteiger partial charge in [-0.3, -0.25) is 10.1 Å². The van der Waals surface area contributed by atoms with Crippen molar-refractivity contribution in [1.82, 2.24) is 9.55 Å². The smallest absolute Gasteiger partial charge is 0.274 e. The van der Waals surface area contributed by atoms with Gasteiger partial charge in [0.05, 0.1) is 5.69 Å². The van der Waals surface area contributed by atoms with Gasteiger partial charge in [-0.25, -0.2) is 4.98 Å². The molecule has 0 fully saturated rings. The highest BCUT2D eigenvalue weighted by molar-refractivity contribution is 7.15. The van der Waals surface area contributed by atoms with Gasteiger partial charge in [0.15, 0.2) is 5.13 Å². The quantitative estimate of drug-likeness (QED) is 0.942. The van der Waals surface area contributed by atoms with E-state index in [1.807, 2.05) is 30.7 Å². The first-order valence-corrected chi connectivity index (χ1v) is 8.32. The summed E-state index contributed by atoms with van der Waals surface area (Å²) >= 11 is 1.64. The number of nitrogens with one attached hydrogen (secondary N) is 1. The summed E-state index contributed by atoms with van der Waals surface area (Å²) in [6, 6.07) is 3.80. The molecule has 5 heteroatoms. The molecule has 3 rings (SSSR count). The Balaban J connectivity index is 1.76. The van der Waals surface area contributed by atoms with Gasteiger partial charge in [0.1, 0.15) is 5.69 Å². The minimum absolute atomic E-state index is 0.0799. The zero-order valence-corrected chi connectivity index (χ0v) is 13.6. The second kappa shape index (κ2) is 5.64. The largest absolute Gasteiger partial charge is 0.344 e. The van der Waals surface area contributed by atoms with Crippen LogP contribution in [-0.2, 0) is 19.9 Å². The molecule has 0 saturated carbocycles. The number of fused-ring (bicyclic) bond motifs is 1.